The highest BCUT2D eigenvalue weighted by molar-refractivity contribution is 6.02. The molecule has 84 valence electrons. The molecule has 0 aromatic heterocycles. The van der Waals surface area contributed by atoms with Crippen LogP contribution in [-0.4, -0.2) is 23.1 Å². The Labute approximate surface area is 93.2 Å². The summed E-state index contributed by atoms with van der Waals surface area (Å²) in [5, 5.41) is 8.88. The van der Waals surface area contributed by atoms with Crippen LogP contribution in [0.15, 0.2) is 36.9 Å². The zero-order chi connectivity index (χ0) is 12.1. The van der Waals surface area contributed by atoms with Crippen molar-refractivity contribution in [1.82, 2.24) is 0 Å². The highest BCUT2D eigenvalue weighted by Crippen LogP contribution is 2.11. The Bertz CT molecular complexity index is 423. The monoisotopic (exact) mass is 220 g/mol. The van der Waals surface area contributed by atoms with Crippen LogP contribution in [0.1, 0.15) is 27.6 Å². The number of carboxylic acid groups (broad SMARTS) is 1. The van der Waals surface area contributed by atoms with Crippen LogP contribution in [0.25, 0.3) is 0 Å². The molecule has 0 aliphatic rings. The van der Waals surface area contributed by atoms with Gasteiger partial charge in [0.15, 0.2) is 0 Å². The van der Waals surface area contributed by atoms with Crippen LogP contribution in [0, 0.1) is 0 Å². The molecular weight excluding hydrogens is 208 g/mol. The van der Waals surface area contributed by atoms with Gasteiger partial charge in [-0.1, -0.05) is 24.8 Å². The summed E-state index contributed by atoms with van der Waals surface area (Å²) < 4.78 is 4.96. The Balaban J connectivity index is 2.99. The van der Waals surface area contributed by atoms with Gasteiger partial charge in [0.25, 0.3) is 0 Å². The van der Waals surface area contributed by atoms with Crippen LogP contribution in [-0.2, 0) is 4.74 Å². The Morgan fingerprint density at radius 3 is 2.44 bits per heavy atom. The molecule has 0 heterocycles. The van der Waals surface area contributed by atoms with Crippen molar-refractivity contribution >= 4 is 11.9 Å². The third-order valence-electron chi connectivity index (χ3n) is 2.00. The Morgan fingerprint density at radius 1 is 1.38 bits per heavy atom. The second-order valence-electron chi connectivity index (χ2n) is 3.20. The lowest BCUT2D eigenvalue weighted by Crippen LogP contribution is -2.16. The average molecular weight is 220 g/mol. The van der Waals surface area contributed by atoms with E-state index < -0.39 is 18.0 Å². The largest absolute Gasteiger partial charge is 0.478 e. The number of carbonyl (C=O) groups is 2. The van der Waals surface area contributed by atoms with Crippen LogP contribution >= 0.6 is 0 Å². The molecule has 1 rings (SSSR count). The van der Waals surface area contributed by atoms with Gasteiger partial charge in [-0.05, 0) is 19.1 Å². The van der Waals surface area contributed by atoms with Gasteiger partial charge in [-0.15, -0.1) is 0 Å². The van der Waals surface area contributed by atoms with Crippen LogP contribution in [0.5, 0.6) is 0 Å². The quantitative estimate of drug-likeness (QED) is 0.623. The van der Waals surface area contributed by atoms with Gasteiger partial charge in [-0.2, -0.15) is 0 Å². The van der Waals surface area contributed by atoms with E-state index in [9.17, 15) is 9.59 Å². The van der Waals surface area contributed by atoms with E-state index in [1.54, 1.807) is 19.1 Å². The number of benzene rings is 1. The van der Waals surface area contributed by atoms with E-state index in [2.05, 4.69) is 6.58 Å². The predicted molar refractivity (Wildman–Crippen MR) is 58.5 cm³/mol. The van der Waals surface area contributed by atoms with E-state index in [4.69, 9.17) is 9.84 Å². The number of esters is 1. The van der Waals surface area contributed by atoms with Crippen LogP contribution in [0.4, 0.5) is 0 Å². The molecule has 0 saturated carbocycles. The van der Waals surface area contributed by atoms with E-state index in [0.29, 0.717) is 0 Å². The van der Waals surface area contributed by atoms with Gasteiger partial charge < -0.3 is 9.84 Å². The molecule has 1 N–H and O–H groups in total. The topological polar surface area (TPSA) is 63.6 Å². The lowest BCUT2D eigenvalue weighted by molar-refractivity contribution is 0.0417. The maximum Gasteiger partial charge on any atom is 0.339 e. The minimum absolute atomic E-state index is 0.0451. The van der Waals surface area contributed by atoms with Gasteiger partial charge in [0.2, 0.25) is 0 Å². The number of carbonyl (C=O) groups excluding carboxylic acids is 1. The maximum absolute atomic E-state index is 11.6. The minimum atomic E-state index is -1.15. The molecule has 0 bridgehead atoms. The third-order valence-corrected chi connectivity index (χ3v) is 2.00. The summed E-state index contributed by atoms with van der Waals surface area (Å²) in [6.45, 7) is 5.12. The first-order chi connectivity index (χ1) is 7.56. The lowest BCUT2D eigenvalue weighted by Gasteiger charge is -2.10. The molecule has 0 saturated heterocycles. The second-order valence-corrected chi connectivity index (χ2v) is 3.20. The van der Waals surface area contributed by atoms with Crippen molar-refractivity contribution in [3.63, 3.8) is 0 Å². The minimum Gasteiger partial charge on any atom is -0.478 e. The van der Waals surface area contributed by atoms with Crippen molar-refractivity contribution in [3.05, 3.63) is 48.0 Å². The molecular formula is C12H12O4. The fraction of sp³-hybridized carbons (Fsp3) is 0.167. The average Bonchev–Trinajstić information content (AvgIpc) is 2.28. The van der Waals surface area contributed by atoms with E-state index in [1.165, 1.54) is 18.2 Å². The molecule has 0 fully saturated rings. The number of hydrogen-bond acceptors (Lipinski definition) is 3. The predicted octanol–water partition coefficient (Wildman–Crippen LogP) is 2.12. The molecule has 0 aliphatic heterocycles. The smallest absolute Gasteiger partial charge is 0.339 e. The lowest BCUT2D eigenvalue weighted by atomic mass is 10.1. The molecule has 16 heavy (non-hydrogen) atoms. The van der Waals surface area contributed by atoms with Crippen LogP contribution in [0.3, 0.4) is 0 Å². The van der Waals surface area contributed by atoms with Gasteiger partial charge >= 0.3 is 11.9 Å². The van der Waals surface area contributed by atoms with Crippen molar-refractivity contribution in [2.24, 2.45) is 0 Å². The molecule has 0 aliphatic carbocycles. The summed E-state index contributed by atoms with van der Waals surface area (Å²) in [7, 11) is 0. The highest BCUT2D eigenvalue weighted by Gasteiger charge is 2.17. The summed E-state index contributed by atoms with van der Waals surface area (Å²) in [6.07, 6.45) is 1.01. The summed E-state index contributed by atoms with van der Waals surface area (Å²) >= 11 is 0. The van der Waals surface area contributed by atoms with Crippen molar-refractivity contribution in [2.45, 2.75) is 13.0 Å². The standard InChI is InChI=1S/C12H12O4/c1-3-8(2)16-12(15)10-7-5-4-6-9(10)11(13)14/h3-8H,1H2,2H3,(H,13,14). The van der Waals surface area contributed by atoms with Crippen molar-refractivity contribution in [3.8, 4) is 0 Å². The van der Waals surface area contributed by atoms with Crippen LogP contribution < -0.4 is 0 Å². The Hall–Kier alpha value is -2.10. The first-order valence-corrected chi connectivity index (χ1v) is 4.72. The fourth-order valence-corrected chi connectivity index (χ4v) is 1.13. The van der Waals surface area contributed by atoms with Crippen molar-refractivity contribution < 1.29 is 19.4 Å². The number of hydrogen-bond donors (Lipinski definition) is 1. The van der Waals surface area contributed by atoms with E-state index >= 15 is 0 Å². The molecule has 1 aromatic carbocycles. The molecule has 0 radical (unpaired) electrons. The zero-order valence-electron chi connectivity index (χ0n) is 8.84. The summed E-state index contributed by atoms with van der Waals surface area (Å²) in [5.74, 6) is -1.82. The number of ether oxygens (including phenoxy) is 1. The molecule has 0 spiro atoms. The highest BCUT2D eigenvalue weighted by atomic mass is 16.5. The maximum atomic E-state index is 11.6. The number of carboxylic acids is 1. The third kappa shape index (κ3) is 2.70. The molecule has 4 nitrogen and oxygen atoms in total. The second kappa shape index (κ2) is 5.11. The van der Waals surface area contributed by atoms with Gasteiger partial charge in [-0.3, -0.25) is 0 Å². The SMILES string of the molecule is C=CC(C)OC(=O)c1ccccc1C(=O)O. The summed E-state index contributed by atoms with van der Waals surface area (Å²) in [6, 6.07) is 5.91. The summed E-state index contributed by atoms with van der Waals surface area (Å²) in [4.78, 5) is 22.5. The normalized spacial score (nSPS) is 11.6. The molecule has 1 unspecified atom stereocenters. The fourth-order valence-electron chi connectivity index (χ4n) is 1.13. The Kier molecular flexibility index (Phi) is 3.83. The van der Waals surface area contributed by atoms with Crippen molar-refractivity contribution in [1.29, 1.82) is 0 Å². The molecule has 4 heteroatoms. The van der Waals surface area contributed by atoms with Gasteiger partial charge in [0, 0.05) is 0 Å². The molecule has 0 amide bonds. The van der Waals surface area contributed by atoms with Crippen molar-refractivity contribution in [2.75, 3.05) is 0 Å². The van der Waals surface area contributed by atoms with E-state index in [1.807, 2.05) is 0 Å². The number of rotatable bonds is 4. The first kappa shape index (κ1) is 12.0. The molecule has 1 aromatic rings. The van der Waals surface area contributed by atoms with Gasteiger partial charge in [-0.25, -0.2) is 9.59 Å². The van der Waals surface area contributed by atoms with E-state index in [-0.39, 0.29) is 11.1 Å². The van der Waals surface area contributed by atoms with Gasteiger partial charge in [0.05, 0.1) is 11.1 Å². The van der Waals surface area contributed by atoms with Crippen LogP contribution in [0.2, 0.25) is 0 Å². The van der Waals surface area contributed by atoms with Gasteiger partial charge in [0.1, 0.15) is 6.10 Å². The first-order valence-electron chi connectivity index (χ1n) is 4.72. The Morgan fingerprint density at radius 2 is 1.94 bits per heavy atom. The summed E-state index contributed by atoms with van der Waals surface area (Å²) in [5.41, 5.74) is -0.0209. The molecule has 1 atom stereocenters. The number of aromatic carboxylic acids is 1. The zero-order valence-corrected chi connectivity index (χ0v) is 8.84. The van der Waals surface area contributed by atoms with E-state index in [0.717, 1.165) is 0 Å².